The van der Waals surface area contributed by atoms with E-state index in [4.69, 9.17) is 9.90 Å². The fraction of sp³-hybridized carbons (Fsp3) is 0.632. The second-order valence-corrected chi connectivity index (χ2v) is 10.2. The number of nitrogens with zero attached hydrogens (tertiary/aromatic N) is 3. The number of aromatic nitrogens is 1. The lowest BCUT2D eigenvalue weighted by atomic mass is 9.85. The van der Waals surface area contributed by atoms with Crippen LogP contribution in [0.1, 0.15) is 44.1 Å². The highest BCUT2D eigenvalue weighted by molar-refractivity contribution is 7.90. The number of carbonyl (C=O) groups excluding carboxylic acids is 1. The summed E-state index contributed by atoms with van der Waals surface area (Å²) in [5, 5.41) is 6.98. The van der Waals surface area contributed by atoms with Gasteiger partial charge in [0.1, 0.15) is 0 Å². The maximum absolute atomic E-state index is 12.4. The minimum Gasteiger partial charge on any atom is -0.475 e. The van der Waals surface area contributed by atoms with Crippen LogP contribution in [0.4, 0.5) is 13.2 Å². The first-order valence-electron chi connectivity index (χ1n) is 9.94. The second-order valence-electron chi connectivity index (χ2n) is 8.01. The molecule has 1 saturated carbocycles. The number of carboxylic acids is 1. The summed E-state index contributed by atoms with van der Waals surface area (Å²) in [6.45, 7) is 1.68. The lowest BCUT2D eigenvalue weighted by Crippen LogP contribution is -2.54. The molecule has 2 saturated heterocycles. The van der Waals surface area contributed by atoms with Gasteiger partial charge in [-0.05, 0) is 49.8 Å². The number of amides is 1. The van der Waals surface area contributed by atoms with Crippen molar-refractivity contribution >= 4 is 21.9 Å². The van der Waals surface area contributed by atoms with E-state index in [1.165, 1.54) is 0 Å². The Kier molecular flexibility index (Phi) is 6.61. The molecule has 31 heavy (non-hydrogen) atoms. The van der Waals surface area contributed by atoms with Crippen LogP contribution < -0.4 is 0 Å². The third-order valence-electron chi connectivity index (χ3n) is 5.97. The number of carbonyl (C=O) groups is 2. The van der Waals surface area contributed by atoms with Crippen LogP contribution in [-0.2, 0) is 26.2 Å². The molecule has 1 amide bonds. The van der Waals surface area contributed by atoms with Crippen LogP contribution in [0.25, 0.3) is 0 Å². The van der Waals surface area contributed by atoms with E-state index in [-0.39, 0.29) is 16.7 Å². The number of piperidine rings is 1. The highest BCUT2D eigenvalue weighted by atomic mass is 32.2. The lowest BCUT2D eigenvalue weighted by Gasteiger charge is -2.44. The summed E-state index contributed by atoms with van der Waals surface area (Å²) >= 11 is 0. The van der Waals surface area contributed by atoms with Gasteiger partial charge >= 0.3 is 12.1 Å². The average molecular weight is 463 g/mol. The number of halogens is 3. The number of sulfonamides is 1. The number of hydrogen-bond acceptors (Lipinski definition) is 5. The summed E-state index contributed by atoms with van der Waals surface area (Å²) in [6.07, 6.45) is 2.91. The lowest BCUT2D eigenvalue weighted by molar-refractivity contribution is -0.192. The summed E-state index contributed by atoms with van der Waals surface area (Å²) < 4.78 is 58.2. The molecule has 0 bridgehead atoms. The first-order valence-corrected chi connectivity index (χ1v) is 11.4. The number of pyridine rings is 1. The molecule has 0 aromatic carbocycles. The fourth-order valence-electron chi connectivity index (χ4n) is 4.05. The summed E-state index contributed by atoms with van der Waals surface area (Å²) in [4.78, 5) is 27.3. The zero-order chi connectivity index (χ0) is 22.9. The maximum Gasteiger partial charge on any atom is 0.490 e. The van der Waals surface area contributed by atoms with Crippen molar-refractivity contribution in [2.75, 3.05) is 13.1 Å². The molecule has 0 radical (unpaired) electrons. The third kappa shape index (κ3) is 5.35. The molecule has 12 heteroatoms. The molecule has 172 valence electrons. The van der Waals surface area contributed by atoms with Gasteiger partial charge in [0.15, 0.2) is 0 Å². The number of carboxylic acid groups (broad SMARTS) is 1. The van der Waals surface area contributed by atoms with Crippen molar-refractivity contribution in [3.05, 3.63) is 30.1 Å². The van der Waals surface area contributed by atoms with Gasteiger partial charge < -0.3 is 10.0 Å². The van der Waals surface area contributed by atoms with E-state index in [2.05, 4.69) is 4.98 Å². The van der Waals surface area contributed by atoms with Crippen LogP contribution in [0.15, 0.2) is 24.5 Å². The summed E-state index contributed by atoms with van der Waals surface area (Å²) in [6, 6.07) is 3.87. The SMILES string of the molecule is O=C(O)C(F)(F)F.O=C1CCC2(CCN(S(=O)(=O)C3CC3)CC2)N1Cc1ccncc1. The average Bonchev–Trinajstić information content (AvgIpc) is 3.53. The largest absolute Gasteiger partial charge is 0.490 e. The highest BCUT2D eigenvalue weighted by Crippen LogP contribution is 2.42. The number of alkyl halides is 3. The molecule has 1 aliphatic carbocycles. The second kappa shape index (κ2) is 8.73. The monoisotopic (exact) mass is 463 g/mol. The molecule has 4 rings (SSSR count). The Morgan fingerprint density at radius 1 is 1.16 bits per heavy atom. The van der Waals surface area contributed by atoms with Crippen LogP contribution >= 0.6 is 0 Å². The summed E-state index contributed by atoms with van der Waals surface area (Å²) in [5.41, 5.74) is 0.906. The van der Waals surface area contributed by atoms with Crippen LogP contribution in [0.5, 0.6) is 0 Å². The quantitative estimate of drug-likeness (QED) is 0.733. The van der Waals surface area contributed by atoms with Crippen molar-refractivity contribution in [2.45, 2.75) is 62.0 Å². The predicted octanol–water partition coefficient (Wildman–Crippen LogP) is 2.16. The van der Waals surface area contributed by atoms with E-state index in [9.17, 15) is 26.4 Å². The van der Waals surface area contributed by atoms with Gasteiger partial charge in [-0.2, -0.15) is 13.2 Å². The van der Waals surface area contributed by atoms with Gasteiger partial charge in [-0.15, -0.1) is 0 Å². The van der Waals surface area contributed by atoms with E-state index >= 15 is 0 Å². The molecule has 3 aliphatic rings. The molecule has 8 nitrogen and oxygen atoms in total. The van der Waals surface area contributed by atoms with Gasteiger partial charge in [0.2, 0.25) is 15.9 Å². The Bertz CT molecular complexity index is 911. The van der Waals surface area contributed by atoms with Crippen LogP contribution in [0.2, 0.25) is 0 Å². The molecule has 0 unspecified atom stereocenters. The molecular weight excluding hydrogens is 439 g/mol. The summed E-state index contributed by atoms with van der Waals surface area (Å²) in [5.74, 6) is -2.57. The Morgan fingerprint density at radius 3 is 2.19 bits per heavy atom. The third-order valence-corrected chi connectivity index (χ3v) is 8.37. The van der Waals surface area contributed by atoms with Gasteiger partial charge in [0.25, 0.3) is 0 Å². The van der Waals surface area contributed by atoms with Gasteiger partial charge in [-0.25, -0.2) is 17.5 Å². The predicted molar refractivity (Wildman–Crippen MR) is 103 cm³/mol. The van der Waals surface area contributed by atoms with Crippen molar-refractivity contribution in [1.82, 2.24) is 14.2 Å². The van der Waals surface area contributed by atoms with Crippen molar-refractivity contribution in [2.24, 2.45) is 0 Å². The number of likely N-dealkylation sites (tertiary alicyclic amines) is 1. The smallest absolute Gasteiger partial charge is 0.475 e. The Balaban J connectivity index is 0.000000339. The van der Waals surface area contributed by atoms with Crippen molar-refractivity contribution in [1.29, 1.82) is 0 Å². The first kappa shape index (κ1) is 23.5. The van der Waals surface area contributed by atoms with Crippen LogP contribution in [-0.4, -0.2) is 69.6 Å². The van der Waals surface area contributed by atoms with Crippen LogP contribution in [0.3, 0.4) is 0 Å². The van der Waals surface area contributed by atoms with Gasteiger partial charge in [-0.3, -0.25) is 9.78 Å². The van der Waals surface area contributed by atoms with Crippen molar-refractivity contribution < 1.29 is 36.3 Å². The maximum atomic E-state index is 12.4. The Hall–Kier alpha value is -2.21. The Labute approximate surface area is 178 Å². The van der Waals surface area contributed by atoms with E-state index < -0.39 is 22.2 Å². The molecule has 1 N–H and O–H groups in total. The number of hydrogen-bond donors (Lipinski definition) is 1. The first-order chi connectivity index (χ1) is 14.5. The highest BCUT2D eigenvalue weighted by Gasteiger charge is 2.50. The minimum absolute atomic E-state index is 0.148. The van der Waals surface area contributed by atoms with Crippen molar-refractivity contribution in [3.8, 4) is 0 Å². The molecule has 1 aromatic rings. The molecule has 3 heterocycles. The Morgan fingerprint density at radius 2 is 1.71 bits per heavy atom. The summed E-state index contributed by atoms with van der Waals surface area (Å²) in [7, 11) is -3.10. The molecule has 0 atom stereocenters. The van der Waals surface area contributed by atoms with E-state index in [1.54, 1.807) is 16.7 Å². The zero-order valence-electron chi connectivity index (χ0n) is 16.7. The molecule has 1 aromatic heterocycles. The number of aliphatic carboxylic acids is 1. The molecule has 1 spiro atoms. The van der Waals surface area contributed by atoms with E-state index in [0.29, 0.717) is 26.1 Å². The molecule has 3 fully saturated rings. The van der Waals surface area contributed by atoms with E-state index in [0.717, 1.165) is 37.7 Å². The minimum atomic E-state index is -5.08. The van der Waals surface area contributed by atoms with Crippen molar-refractivity contribution in [3.63, 3.8) is 0 Å². The molecule has 2 aliphatic heterocycles. The fourth-order valence-corrected chi connectivity index (χ4v) is 5.90. The van der Waals surface area contributed by atoms with Crippen LogP contribution in [0, 0.1) is 0 Å². The zero-order valence-corrected chi connectivity index (χ0v) is 17.5. The number of rotatable bonds is 4. The van der Waals surface area contributed by atoms with E-state index in [1.807, 2.05) is 17.0 Å². The van der Waals surface area contributed by atoms with Gasteiger partial charge in [0.05, 0.1) is 5.25 Å². The standard InChI is InChI=1S/C17H23N3O3S.C2HF3O2/c21-16-3-6-17(20(16)13-14-4-9-18-10-5-14)7-11-19(12-8-17)24(22,23)15-1-2-15;3-2(4,5)1(6)7/h4-5,9-10,15H,1-3,6-8,11-13H2;(H,6,7). The van der Waals surface area contributed by atoms with Gasteiger partial charge in [0, 0.05) is 44.0 Å². The molecular formula is C19H24F3N3O5S. The normalized spacial score (nSPS) is 21.6. The topological polar surface area (TPSA) is 108 Å². The van der Waals surface area contributed by atoms with Gasteiger partial charge in [-0.1, -0.05) is 0 Å².